The number of cyclic esters (lactones) is 1. The van der Waals surface area contributed by atoms with Gasteiger partial charge in [0.1, 0.15) is 17.1 Å². The summed E-state index contributed by atoms with van der Waals surface area (Å²) >= 11 is 0.756. The number of halogens is 2. The predicted octanol–water partition coefficient (Wildman–Crippen LogP) is 4.06. The van der Waals surface area contributed by atoms with E-state index in [0.29, 0.717) is 6.42 Å². The van der Waals surface area contributed by atoms with E-state index in [2.05, 4.69) is 0 Å². The second kappa shape index (κ2) is 9.61. The summed E-state index contributed by atoms with van der Waals surface area (Å²) in [5.41, 5.74) is -6.86. The summed E-state index contributed by atoms with van der Waals surface area (Å²) in [6, 6.07) is 3.22. The van der Waals surface area contributed by atoms with Crippen molar-refractivity contribution in [2.45, 2.75) is 75.2 Å². The van der Waals surface area contributed by atoms with E-state index in [0.717, 1.165) is 17.8 Å². The second-order valence-electron chi connectivity index (χ2n) is 13.0. The Balaban J connectivity index is 1.47. The fourth-order valence-electron chi connectivity index (χ4n) is 8.89. The number of alkyl halides is 2. The number of hydrogen-bond acceptors (Lipinski definition) is 8. The number of carbonyl (C=O) groups is 4. The predicted molar refractivity (Wildman–Crippen MR) is 149 cm³/mol. The maximum Gasteiger partial charge on any atom is 0.355 e. The highest BCUT2D eigenvalue weighted by molar-refractivity contribution is 8.14. The molecule has 1 aliphatic heterocycles. The average Bonchev–Trinajstić information content (AvgIpc) is 3.60. The number of hydrogen-bond donors (Lipinski definition) is 1. The number of aryl methyl sites for hydroxylation is 1. The summed E-state index contributed by atoms with van der Waals surface area (Å²) in [5, 5.41) is 10.4. The van der Waals surface area contributed by atoms with Crippen LogP contribution in [0.25, 0.3) is 0 Å². The van der Waals surface area contributed by atoms with Crippen molar-refractivity contribution < 1.29 is 42.5 Å². The second-order valence-corrected chi connectivity index (χ2v) is 14.2. The van der Waals surface area contributed by atoms with E-state index < -0.39 is 80.2 Å². The van der Waals surface area contributed by atoms with Gasteiger partial charge in [0.2, 0.25) is 5.12 Å². The lowest BCUT2D eigenvalue weighted by Crippen LogP contribution is -2.70. The number of ether oxygens (including phenoxy) is 2. The third-order valence-corrected chi connectivity index (χ3v) is 12.2. The summed E-state index contributed by atoms with van der Waals surface area (Å²) in [6.07, 6.45) is 2.06. The Kier molecular flexibility index (Phi) is 6.70. The SMILES string of the molecule is C[C@@H]1C[C@H]2[C@@H]3C[C@H](F)C4=CC(=O)C=C[C@]4(C)[C@@]3(F)[C@@H](O)C[C@]2(C)[C@@]1(OC(=O)c1cccn1C)C(=O)S[C@H]1CCOC1=O. The van der Waals surface area contributed by atoms with E-state index >= 15 is 8.78 Å². The third-order valence-electron chi connectivity index (χ3n) is 11.0. The lowest BCUT2D eigenvalue weighted by Gasteiger charge is -2.63. The minimum atomic E-state index is -2.34. The summed E-state index contributed by atoms with van der Waals surface area (Å²) in [5.74, 6) is -4.08. The molecular weight excluding hydrogens is 568 g/mol. The van der Waals surface area contributed by atoms with Crippen LogP contribution in [0.15, 0.2) is 42.1 Å². The molecule has 2 heterocycles. The molecule has 0 spiro atoms. The zero-order valence-electron chi connectivity index (χ0n) is 24.0. The number of aliphatic hydroxyl groups is 1. The van der Waals surface area contributed by atoms with Crippen LogP contribution in [0, 0.1) is 28.6 Å². The van der Waals surface area contributed by atoms with Crippen molar-refractivity contribution in [2.75, 3.05) is 6.61 Å². The number of thioether (sulfide) groups is 1. The molecule has 8 nitrogen and oxygen atoms in total. The maximum absolute atomic E-state index is 17.7. The molecule has 0 unspecified atom stereocenters. The Labute approximate surface area is 246 Å². The molecule has 1 saturated heterocycles. The van der Waals surface area contributed by atoms with Crippen molar-refractivity contribution in [3.05, 3.63) is 47.8 Å². The topological polar surface area (TPSA) is 112 Å². The normalized spacial score (nSPS) is 44.1. The Bertz CT molecular complexity index is 1440. The number of rotatable bonds is 4. The molecule has 42 heavy (non-hydrogen) atoms. The Morgan fingerprint density at radius 1 is 1.21 bits per heavy atom. The van der Waals surface area contributed by atoms with Crippen LogP contribution in [0.4, 0.5) is 8.78 Å². The highest BCUT2D eigenvalue weighted by Gasteiger charge is 2.78. The molecule has 10 atom stereocenters. The fraction of sp³-hybridized carbons (Fsp3) is 0.613. The zero-order valence-corrected chi connectivity index (χ0v) is 24.8. The van der Waals surface area contributed by atoms with E-state index in [1.54, 1.807) is 43.8 Å². The van der Waals surface area contributed by atoms with Crippen molar-refractivity contribution in [1.29, 1.82) is 0 Å². The molecule has 0 bridgehead atoms. The van der Waals surface area contributed by atoms with Crippen LogP contribution in [0.5, 0.6) is 0 Å². The van der Waals surface area contributed by atoms with Crippen molar-refractivity contribution in [3.8, 4) is 0 Å². The van der Waals surface area contributed by atoms with Crippen LogP contribution < -0.4 is 0 Å². The Hall–Kier alpha value is -2.79. The molecule has 6 rings (SSSR count). The van der Waals surface area contributed by atoms with Crippen LogP contribution in [-0.4, -0.2) is 67.9 Å². The van der Waals surface area contributed by atoms with E-state index in [4.69, 9.17) is 9.47 Å². The highest BCUT2D eigenvalue weighted by atomic mass is 32.2. The molecule has 226 valence electrons. The Morgan fingerprint density at radius 2 is 1.95 bits per heavy atom. The minimum Gasteiger partial charge on any atom is -0.465 e. The number of aromatic nitrogens is 1. The number of fused-ring (bicyclic) bond motifs is 5. The smallest absolute Gasteiger partial charge is 0.355 e. The summed E-state index contributed by atoms with van der Waals surface area (Å²) in [4.78, 5) is 52.6. The molecule has 1 aromatic heterocycles. The Morgan fingerprint density at radius 3 is 2.60 bits per heavy atom. The number of aliphatic hydroxyl groups excluding tert-OH is 1. The molecule has 4 aliphatic carbocycles. The molecule has 5 aliphatic rings. The molecular formula is C31H35F2NO7S. The largest absolute Gasteiger partial charge is 0.465 e. The average molecular weight is 604 g/mol. The molecule has 1 N–H and O–H groups in total. The first kappa shape index (κ1) is 29.3. The van der Waals surface area contributed by atoms with E-state index in [9.17, 15) is 24.3 Å². The van der Waals surface area contributed by atoms with Gasteiger partial charge in [0.05, 0.1) is 12.7 Å². The fourth-order valence-corrected chi connectivity index (χ4v) is 10.2. The van der Waals surface area contributed by atoms with Crippen molar-refractivity contribution >= 4 is 34.6 Å². The van der Waals surface area contributed by atoms with Gasteiger partial charge in [-0.2, -0.15) is 0 Å². The first-order chi connectivity index (χ1) is 19.7. The van der Waals surface area contributed by atoms with Gasteiger partial charge in [-0.1, -0.05) is 31.7 Å². The molecule has 3 saturated carbocycles. The molecule has 1 aromatic rings. The zero-order chi connectivity index (χ0) is 30.4. The maximum atomic E-state index is 17.7. The van der Waals surface area contributed by atoms with Gasteiger partial charge in [0.25, 0.3) is 0 Å². The summed E-state index contributed by atoms with van der Waals surface area (Å²) in [7, 11) is 1.66. The van der Waals surface area contributed by atoms with Crippen LogP contribution >= 0.6 is 11.8 Å². The van der Waals surface area contributed by atoms with Crippen molar-refractivity contribution in [1.82, 2.24) is 4.57 Å². The van der Waals surface area contributed by atoms with E-state index in [1.807, 2.05) is 0 Å². The van der Waals surface area contributed by atoms with Gasteiger partial charge >= 0.3 is 11.9 Å². The molecule has 4 fully saturated rings. The first-order valence-corrected chi connectivity index (χ1v) is 15.3. The van der Waals surface area contributed by atoms with Crippen LogP contribution in [0.3, 0.4) is 0 Å². The van der Waals surface area contributed by atoms with Gasteiger partial charge < -0.3 is 19.1 Å². The van der Waals surface area contributed by atoms with Gasteiger partial charge in [0.15, 0.2) is 17.1 Å². The third kappa shape index (κ3) is 3.68. The highest BCUT2D eigenvalue weighted by Crippen LogP contribution is 2.72. The van der Waals surface area contributed by atoms with Gasteiger partial charge in [-0.25, -0.2) is 13.6 Å². The first-order valence-electron chi connectivity index (χ1n) is 14.4. The molecule has 0 amide bonds. The number of nitrogens with zero attached hydrogens (tertiary/aromatic N) is 1. The van der Waals surface area contributed by atoms with Gasteiger partial charge in [0, 0.05) is 42.3 Å². The number of ketones is 1. The van der Waals surface area contributed by atoms with E-state index in [-0.39, 0.29) is 37.1 Å². The quantitative estimate of drug-likeness (QED) is 0.513. The van der Waals surface area contributed by atoms with Crippen molar-refractivity contribution in [3.63, 3.8) is 0 Å². The lowest BCUT2D eigenvalue weighted by molar-refractivity contribution is -0.221. The van der Waals surface area contributed by atoms with Gasteiger partial charge in [-0.15, -0.1) is 0 Å². The van der Waals surface area contributed by atoms with Gasteiger partial charge in [-0.05, 0) is 62.0 Å². The van der Waals surface area contributed by atoms with Crippen LogP contribution in [-0.2, 0) is 30.9 Å². The van der Waals surface area contributed by atoms with E-state index in [1.165, 1.54) is 19.1 Å². The molecule has 0 radical (unpaired) electrons. The molecule has 0 aromatic carbocycles. The number of esters is 2. The van der Waals surface area contributed by atoms with Crippen LogP contribution in [0.2, 0.25) is 0 Å². The molecule has 11 heteroatoms. The number of carbonyl (C=O) groups excluding carboxylic acids is 4. The lowest BCUT2D eigenvalue weighted by atomic mass is 9.44. The van der Waals surface area contributed by atoms with Gasteiger partial charge in [-0.3, -0.25) is 14.4 Å². The number of allylic oxidation sites excluding steroid dienone is 4. The standard InChI is InChI=1S/C31H35F2NO7S/c1-16-12-18-19-14-21(32)20-13-17(35)7-9-28(20,2)30(19,33)24(36)15-29(18,3)31(16,27(39)42-23-8-11-40-26(23)38)41-25(37)22-6-5-10-34(22)4/h5-7,9-10,13,16,18-19,21,23-24,36H,8,11-12,14-15H2,1-4H3/t16-,18+,19+,21+,23+,24+,28+,29+,30+,31+/m1/s1. The minimum absolute atomic E-state index is 0.00947. The summed E-state index contributed by atoms with van der Waals surface area (Å²) in [6.45, 7) is 5.15. The van der Waals surface area contributed by atoms with Crippen LogP contribution in [0.1, 0.15) is 56.9 Å². The summed E-state index contributed by atoms with van der Waals surface area (Å²) < 4.78 is 46.4. The van der Waals surface area contributed by atoms with Crippen molar-refractivity contribution in [2.24, 2.45) is 35.6 Å². The monoisotopic (exact) mass is 603 g/mol.